The van der Waals surface area contributed by atoms with E-state index in [2.05, 4.69) is 6.92 Å². The van der Waals surface area contributed by atoms with Gasteiger partial charge < -0.3 is 4.74 Å². The predicted octanol–water partition coefficient (Wildman–Crippen LogP) is 6.47. The zero-order valence-electron chi connectivity index (χ0n) is 13.9. The minimum absolute atomic E-state index is 0.531. The van der Waals surface area contributed by atoms with E-state index in [0.717, 1.165) is 18.1 Å². The lowest BCUT2D eigenvalue weighted by Crippen LogP contribution is -2.20. The van der Waals surface area contributed by atoms with Gasteiger partial charge in [0, 0.05) is 0 Å². The van der Waals surface area contributed by atoms with Gasteiger partial charge in [-0.25, -0.2) is 0 Å². The third-order valence-corrected chi connectivity index (χ3v) is 4.85. The number of ether oxygens (including phenoxy) is 1. The Balaban J connectivity index is 1.69. The van der Waals surface area contributed by atoms with Crippen molar-refractivity contribution in [2.75, 3.05) is 6.61 Å². The number of unbranched alkanes of at least 4 members (excludes halogenated alkanes) is 2. The van der Waals surface area contributed by atoms with Crippen LogP contribution in [-0.2, 0) is 6.18 Å². The Morgan fingerprint density at radius 3 is 2.13 bits per heavy atom. The summed E-state index contributed by atoms with van der Waals surface area (Å²) >= 11 is 0. The van der Waals surface area contributed by atoms with E-state index in [4.69, 9.17) is 4.74 Å². The van der Waals surface area contributed by atoms with Gasteiger partial charge in [-0.1, -0.05) is 45.4 Å². The van der Waals surface area contributed by atoms with E-state index in [1.807, 2.05) is 0 Å². The van der Waals surface area contributed by atoms with Crippen molar-refractivity contribution >= 4 is 0 Å². The summed E-state index contributed by atoms with van der Waals surface area (Å²) in [5.41, 5.74) is -0.627. The van der Waals surface area contributed by atoms with Gasteiger partial charge in [0.1, 0.15) is 5.75 Å². The van der Waals surface area contributed by atoms with E-state index in [-0.39, 0.29) is 0 Å². The van der Waals surface area contributed by atoms with Crippen LogP contribution in [-0.4, -0.2) is 6.61 Å². The standard InChI is InChI=1S/C19H27F3O/c1-2-3-4-5-15-6-8-16(9-7-15)14-23-18-12-10-17(11-13-18)19(20,21)22/h10-13,15-16H,2-9,14H2,1H3. The van der Waals surface area contributed by atoms with Crippen LogP contribution in [0.25, 0.3) is 0 Å². The molecule has 0 atom stereocenters. The fourth-order valence-electron chi connectivity index (χ4n) is 3.32. The second-order valence-electron chi connectivity index (χ2n) is 6.72. The maximum Gasteiger partial charge on any atom is 0.416 e. The van der Waals surface area contributed by atoms with E-state index >= 15 is 0 Å². The molecule has 1 fully saturated rings. The average Bonchev–Trinajstić information content (AvgIpc) is 2.54. The smallest absolute Gasteiger partial charge is 0.416 e. The number of rotatable bonds is 7. The minimum atomic E-state index is -4.28. The van der Waals surface area contributed by atoms with Crippen molar-refractivity contribution in [1.29, 1.82) is 0 Å². The lowest BCUT2D eigenvalue weighted by Gasteiger charge is -2.28. The molecule has 0 N–H and O–H groups in total. The number of hydrogen-bond donors (Lipinski definition) is 0. The summed E-state index contributed by atoms with van der Waals surface area (Å²) in [6.45, 7) is 2.85. The van der Waals surface area contributed by atoms with Crippen LogP contribution < -0.4 is 4.74 Å². The van der Waals surface area contributed by atoms with Gasteiger partial charge in [0.2, 0.25) is 0 Å². The lowest BCUT2D eigenvalue weighted by molar-refractivity contribution is -0.137. The zero-order valence-corrected chi connectivity index (χ0v) is 13.9. The summed E-state index contributed by atoms with van der Waals surface area (Å²) in [6, 6.07) is 5.00. The molecule has 4 heteroatoms. The van der Waals surface area contributed by atoms with Gasteiger partial charge in [-0.05, 0) is 48.9 Å². The summed E-state index contributed by atoms with van der Waals surface area (Å²) in [5.74, 6) is 1.94. The van der Waals surface area contributed by atoms with Crippen molar-refractivity contribution in [3.8, 4) is 5.75 Å². The Hall–Kier alpha value is -1.19. The molecule has 1 saturated carbocycles. The summed E-state index contributed by atoms with van der Waals surface area (Å²) in [5, 5.41) is 0. The fraction of sp³-hybridized carbons (Fsp3) is 0.684. The number of hydrogen-bond acceptors (Lipinski definition) is 1. The second kappa shape index (κ2) is 8.60. The maximum atomic E-state index is 12.5. The molecular weight excluding hydrogens is 301 g/mol. The minimum Gasteiger partial charge on any atom is -0.493 e. The van der Waals surface area contributed by atoms with Crippen molar-refractivity contribution in [3.63, 3.8) is 0 Å². The summed E-state index contributed by atoms with van der Waals surface area (Å²) < 4.78 is 43.2. The number of benzene rings is 1. The molecule has 1 aromatic carbocycles. The van der Waals surface area contributed by atoms with E-state index in [1.165, 1.54) is 63.5 Å². The van der Waals surface area contributed by atoms with Crippen molar-refractivity contribution in [2.24, 2.45) is 11.8 Å². The first kappa shape index (κ1) is 18.2. The largest absolute Gasteiger partial charge is 0.493 e. The Morgan fingerprint density at radius 1 is 0.957 bits per heavy atom. The molecule has 0 amide bonds. The van der Waals surface area contributed by atoms with Gasteiger partial charge in [0.15, 0.2) is 0 Å². The van der Waals surface area contributed by atoms with Gasteiger partial charge in [-0.15, -0.1) is 0 Å². The molecule has 0 radical (unpaired) electrons. The molecule has 0 aromatic heterocycles. The van der Waals surface area contributed by atoms with Gasteiger partial charge in [0.05, 0.1) is 12.2 Å². The first-order valence-corrected chi connectivity index (χ1v) is 8.79. The molecule has 1 aliphatic carbocycles. The Kier molecular flexibility index (Phi) is 6.79. The number of alkyl halides is 3. The summed E-state index contributed by atoms with van der Waals surface area (Å²) in [7, 11) is 0. The molecular formula is C19H27F3O. The molecule has 23 heavy (non-hydrogen) atoms. The van der Waals surface area contributed by atoms with Crippen LogP contribution in [0.5, 0.6) is 5.75 Å². The van der Waals surface area contributed by atoms with Crippen molar-refractivity contribution in [2.45, 2.75) is 64.5 Å². The third kappa shape index (κ3) is 6.08. The lowest BCUT2D eigenvalue weighted by atomic mass is 9.80. The molecule has 0 saturated heterocycles. The maximum absolute atomic E-state index is 12.5. The third-order valence-electron chi connectivity index (χ3n) is 4.85. The molecule has 0 unspecified atom stereocenters. The Labute approximate surface area is 137 Å². The first-order valence-electron chi connectivity index (χ1n) is 8.79. The van der Waals surface area contributed by atoms with Crippen LogP contribution in [0.2, 0.25) is 0 Å². The van der Waals surface area contributed by atoms with Crippen LogP contribution in [0.3, 0.4) is 0 Å². The SMILES string of the molecule is CCCCCC1CCC(COc2ccc(C(F)(F)F)cc2)CC1. The summed E-state index contributed by atoms with van der Waals surface area (Å²) in [4.78, 5) is 0. The van der Waals surface area contributed by atoms with Crippen molar-refractivity contribution < 1.29 is 17.9 Å². The topological polar surface area (TPSA) is 9.23 Å². The Morgan fingerprint density at radius 2 is 1.57 bits per heavy atom. The molecule has 2 rings (SSSR count). The highest BCUT2D eigenvalue weighted by Crippen LogP contribution is 2.33. The molecule has 1 aliphatic rings. The van der Waals surface area contributed by atoms with Crippen LogP contribution in [0, 0.1) is 11.8 Å². The highest BCUT2D eigenvalue weighted by Gasteiger charge is 2.30. The van der Waals surface area contributed by atoms with Crippen LogP contribution >= 0.6 is 0 Å². The molecule has 1 aromatic rings. The van der Waals surface area contributed by atoms with Gasteiger partial charge in [-0.3, -0.25) is 0 Å². The monoisotopic (exact) mass is 328 g/mol. The van der Waals surface area contributed by atoms with Crippen molar-refractivity contribution in [3.05, 3.63) is 29.8 Å². The highest BCUT2D eigenvalue weighted by atomic mass is 19.4. The highest BCUT2D eigenvalue weighted by molar-refractivity contribution is 5.28. The normalized spacial score (nSPS) is 22.1. The van der Waals surface area contributed by atoms with E-state index in [1.54, 1.807) is 0 Å². The van der Waals surface area contributed by atoms with Crippen LogP contribution in [0.4, 0.5) is 13.2 Å². The van der Waals surface area contributed by atoms with Crippen LogP contribution in [0.15, 0.2) is 24.3 Å². The Bertz CT molecular complexity index is 445. The van der Waals surface area contributed by atoms with Crippen LogP contribution in [0.1, 0.15) is 63.9 Å². The van der Waals surface area contributed by atoms with Crippen molar-refractivity contribution in [1.82, 2.24) is 0 Å². The molecule has 0 aliphatic heterocycles. The van der Waals surface area contributed by atoms with Gasteiger partial charge >= 0.3 is 6.18 Å². The molecule has 130 valence electrons. The van der Waals surface area contributed by atoms with E-state index < -0.39 is 11.7 Å². The van der Waals surface area contributed by atoms with E-state index in [9.17, 15) is 13.2 Å². The average molecular weight is 328 g/mol. The molecule has 0 bridgehead atoms. The fourth-order valence-corrected chi connectivity index (χ4v) is 3.32. The summed E-state index contributed by atoms with van der Waals surface area (Å²) in [6.07, 6.45) is 5.90. The quantitative estimate of drug-likeness (QED) is 0.521. The predicted molar refractivity (Wildman–Crippen MR) is 86.5 cm³/mol. The zero-order chi connectivity index (χ0) is 16.7. The number of halogens is 3. The molecule has 1 nitrogen and oxygen atoms in total. The van der Waals surface area contributed by atoms with E-state index in [0.29, 0.717) is 18.3 Å². The molecule has 0 heterocycles. The molecule has 0 spiro atoms. The van der Waals surface area contributed by atoms with Gasteiger partial charge in [0.25, 0.3) is 0 Å². The van der Waals surface area contributed by atoms with Gasteiger partial charge in [-0.2, -0.15) is 13.2 Å². The first-order chi connectivity index (χ1) is 11.0. The second-order valence-corrected chi connectivity index (χ2v) is 6.72.